The summed E-state index contributed by atoms with van der Waals surface area (Å²) in [5.74, 6) is 3.80. The van der Waals surface area contributed by atoms with Gasteiger partial charge in [-0.05, 0) is 55.6 Å². The van der Waals surface area contributed by atoms with Crippen LogP contribution in [0, 0.1) is 13.8 Å². The SMILES string of the molecule is C=S(=O)(Nc1ccc(C)cc1C)c1ccc(N)cc1. The standard InChI is InChI=1S/C15H18N2OS/c1-11-4-9-15(12(2)10-11)17-19(3,18)14-7-5-13(16)6-8-14/h4-10H,3,16H2,1-2H3,(H,17,18). The first-order valence-electron chi connectivity index (χ1n) is 5.96. The third-order valence-electron chi connectivity index (χ3n) is 2.92. The maximum atomic E-state index is 12.6. The second-order valence-corrected chi connectivity index (χ2v) is 6.69. The van der Waals surface area contributed by atoms with Crippen LogP contribution in [0.3, 0.4) is 0 Å². The smallest absolute Gasteiger partial charge is 0.0738 e. The fourth-order valence-electron chi connectivity index (χ4n) is 1.85. The molecule has 0 aliphatic heterocycles. The molecule has 19 heavy (non-hydrogen) atoms. The molecule has 0 spiro atoms. The van der Waals surface area contributed by atoms with Crippen LogP contribution in [0.5, 0.6) is 0 Å². The number of hydrogen-bond acceptors (Lipinski definition) is 2. The maximum absolute atomic E-state index is 12.6. The summed E-state index contributed by atoms with van der Waals surface area (Å²) in [6, 6.07) is 12.9. The van der Waals surface area contributed by atoms with Gasteiger partial charge in [0.25, 0.3) is 0 Å². The number of rotatable bonds is 3. The topological polar surface area (TPSA) is 55.1 Å². The molecule has 2 rings (SSSR count). The molecule has 2 aromatic carbocycles. The summed E-state index contributed by atoms with van der Waals surface area (Å²) in [6.07, 6.45) is 0. The first kappa shape index (κ1) is 13.5. The molecule has 2 aromatic rings. The highest BCUT2D eigenvalue weighted by atomic mass is 32.2. The second kappa shape index (κ2) is 4.97. The van der Waals surface area contributed by atoms with Crippen molar-refractivity contribution in [1.29, 1.82) is 0 Å². The molecule has 0 aromatic heterocycles. The lowest BCUT2D eigenvalue weighted by Crippen LogP contribution is -2.13. The minimum Gasteiger partial charge on any atom is -0.399 e. The van der Waals surface area contributed by atoms with Gasteiger partial charge in [-0.1, -0.05) is 17.7 Å². The quantitative estimate of drug-likeness (QED) is 0.668. The van der Waals surface area contributed by atoms with Crippen LogP contribution in [0.4, 0.5) is 11.4 Å². The molecule has 1 unspecified atom stereocenters. The van der Waals surface area contributed by atoms with Crippen LogP contribution in [-0.2, 0) is 9.71 Å². The highest BCUT2D eigenvalue weighted by Crippen LogP contribution is 2.21. The fraction of sp³-hybridized carbons (Fsp3) is 0.133. The van der Waals surface area contributed by atoms with E-state index in [0.29, 0.717) is 10.6 Å². The minimum absolute atomic E-state index is 0.640. The van der Waals surface area contributed by atoms with Crippen molar-refractivity contribution in [3.63, 3.8) is 0 Å². The van der Waals surface area contributed by atoms with E-state index in [0.717, 1.165) is 11.3 Å². The van der Waals surface area contributed by atoms with Gasteiger partial charge < -0.3 is 10.5 Å². The van der Waals surface area contributed by atoms with Crippen molar-refractivity contribution in [2.45, 2.75) is 18.7 Å². The third-order valence-corrected chi connectivity index (χ3v) is 4.50. The summed E-state index contributed by atoms with van der Waals surface area (Å²) in [5.41, 5.74) is 9.33. The largest absolute Gasteiger partial charge is 0.399 e. The van der Waals surface area contributed by atoms with E-state index in [-0.39, 0.29) is 0 Å². The van der Waals surface area contributed by atoms with E-state index < -0.39 is 9.71 Å². The lowest BCUT2D eigenvalue weighted by Gasteiger charge is -2.15. The van der Waals surface area contributed by atoms with Crippen LogP contribution >= 0.6 is 0 Å². The summed E-state index contributed by atoms with van der Waals surface area (Å²) >= 11 is 0. The van der Waals surface area contributed by atoms with Gasteiger partial charge in [-0.25, -0.2) is 4.21 Å². The second-order valence-electron chi connectivity index (χ2n) is 4.66. The van der Waals surface area contributed by atoms with Gasteiger partial charge >= 0.3 is 0 Å². The molecule has 0 radical (unpaired) electrons. The summed E-state index contributed by atoms with van der Waals surface area (Å²) in [7, 11) is -2.57. The summed E-state index contributed by atoms with van der Waals surface area (Å²) in [6.45, 7) is 4.01. The fourth-order valence-corrected chi connectivity index (χ4v) is 3.13. The molecule has 0 aliphatic carbocycles. The molecule has 0 saturated heterocycles. The molecule has 1 atom stereocenters. The first-order valence-corrected chi connectivity index (χ1v) is 7.69. The van der Waals surface area contributed by atoms with Crippen LogP contribution in [0.25, 0.3) is 0 Å². The van der Waals surface area contributed by atoms with Gasteiger partial charge in [0.2, 0.25) is 0 Å². The Labute approximate surface area is 114 Å². The molecule has 3 N–H and O–H groups in total. The van der Waals surface area contributed by atoms with Crippen LogP contribution in [-0.4, -0.2) is 10.1 Å². The molecule has 4 heteroatoms. The lowest BCUT2D eigenvalue weighted by atomic mass is 10.1. The Kier molecular flexibility index (Phi) is 3.53. The zero-order chi connectivity index (χ0) is 14.0. The Hall–Kier alpha value is -1.94. The highest BCUT2D eigenvalue weighted by molar-refractivity contribution is 8.01. The minimum atomic E-state index is -2.57. The van der Waals surface area contributed by atoms with E-state index >= 15 is 0 Å². The Balaban J connectivity index is 2.33. The first-order chi connectivity index (χ1) is 8.88. The van der Waals surface area contributed by atoms with Crippen molar-refractivity contribution >= 4 is 27.0 Å². The van der Waals surface area contributed by atoms with E-state index in [1.54, 1.807) is 24.3 Å². The molecule has 0 bridgehead atoms. The summed E-state index contributed by atoms with van der Waals surface area (Å²) in [4.78, 5) is 0.640. The number of hydrogen-bond donors (Lipinski definition) is 2. The number of anilines is 2. The Morgan fingerprint density at radius 3 is 2.32 bits per heavy atom. The highest BCUT2D eigenvalue weighted by Gasteiger charge is 2.09. The van der Waals surface area contributed by atoms with E-state index in [4.69, 9.17) is 5.73 Å². The van der Waals surface area contributed by atoms with Crippen molar-refractivity contribution in [3.8, 4) is 0 Å². The van der Waals surface area contributed by atoms with Gasteiger partial charge in [-0.15, -0.1) is 0 Å². The van der Waals surface area contributed by atoms with Crippen molar-refractivity contribution in [3.05, 3.63) is 53.6 Å². The normalized spacial score (nSPS) is 13.8. The van der Waals surface area contributed by atoms with Crippen LogP contribution in [0.15, 0.2) is 47.4 Å². The van der Waals surface area contributed by atoms with Crippen molar-refractivity contribution in [2.75, 3.05) is 10.5 Å². The predicted molar refractivity (Wildman–Crippen MR) is 83.9 cm³/mol. The van der Waals surface area contributed by atoms with Crippen LogP contribution in [0.2, 0.25) is 0 Å². The average molecular weight is 274 g/mol. The molecular formula is C15H18N2OS. The van der Waals surface area contributed by atoms with E-state index in [1.807, 2.05) is 32.0 Å². The monoisotopic (exact) mass is 274 g/mol. The Morgan fingerprint density at radius 2 is 1.74 bits per heavy atom. The van der Waals surface area contributed by atoms with E-state index in [1.165, 1.54) is 5.56 Å². The Bertz CT molecular complexity index is 689. The number of nitrogen functional groups attached to an aromatic ring is 1. The summed E-state index contributed by atoms with van der Waals surface area (Å²) in [5, 5.41) is 0. The molecule has 0 heterocycles. The van der Waals surface area contributed by atoms with Gasteiger partial charge in [0, 0.05) is 16.3 Å². The number of aryl methyl sites for hydroxylation is 2. The zero-order valence-electron chi connectivity index (χ0n) is 11.1. The molecule has 0 amide bonds. The van der Waals surface area contributed by atoms with E-state index in [9.17, 15) is 4.21 Å². The molecule has 0 saturated carbocycles. The van der Waals surface area contributed by atoms with Gasteiger partial charge in [0.05, 0.1) is 9.71 Å². The van der Waals surface area contributed by atoms with Crippen molar-refractivity contribution in [1.82, 2.24) is 0 Å². The average Bonchev–Trinajstić information content (AvgIpc) is 2.33. The Morgan fingerprint density at radius 1 is 1.11 bits per heavy atom. The van der Waals surface area contributed by atoms with Gasteiger partial charge in [0.15, 0.2) is 0 Å². The van der Waals surface area contributed by atoms with Crippen LogP contribution in [0.1, 0.15) is 11.1 Å². The molecule has 100 valence electrons. The predicted octanol–water partition coefficient (Wildman–Crippen LogP) is 2.99. The van der Waals surface area contributed by atoms with Crippen molar-refractivity contribution in [2.24, 2.45) is 0 Å². The molecule has 3 nitrogen and oxygen atoms in total. The summed E-state index contributed by atoms with van der Waals surface area (Å²) < 4.78 is 15.7. The van der Waals surface area contributed by atoms with Crippen LogP contribution < -0.4 is 10.5 Å². The number of nitrogens with one attached hydrogen (secondary N) is 1. The van der Waals surface area contributed by atoms with Gasteiger partial charge in [-0.2, -0.15) is 0 Å². The van der Waals surface area contributed by atoms with E-state index in [2.05, 4.69) is 10.6 Å². The number of nitrogens with two attached hydrogens (primary N) is 1. The zero-order valence-corrected chi connectivity index (χ0v) is 12.0. The van der Waals surface area contributed by atoms with Gasteiger partial charge in [-0.3, -0.25) is 0 Å². The molecule has 0 fully saturated rings. The lowest BCUT2D eigenvalue weighted by molar-refractivity contribution is 0.684. The van der Waals surface area contributed by atoms with Gasteiger partial charge in [0.1, 0.15) is 0 Å². The van der Waals surface area contributed by atoms with Crippen molar-refractivity contribution < 1.29 is 4.21 Å². The molecule has 0 aliphatic rings. The third kappa shape index (κ3) is 3.09. The maximum Gasteiger partial charge on any atom is 0.0738 e. The molecular weight excluding hydrogens is 256 g/mol. The number of benzene rings is 2.